The lowest BCUT2D eigenvalue weighted by Crippen LogP contribution is -2.32. The van der Waals surface area contributed by atoms with Crippen molar-refractivity contribution >= 4 is 33.1 Å². The Labute approximate surface area is 163 Å². The Morgan fingerprint density at radius 2 is 2.04 bits per heavy atom. The zero-order chi connectivity index (χ0) is 18.2. The Morgan fingerprint density at radius 1 is 1.15 bits per heavy atom. The van der Waals surface area contributed by atoms with Crippen LogP contribution in [-0.2, 0) is 17.6 Å². The number of nitrogens with one attached hydrogen (secondary N) is 1. The fraction of sp³-hybridized carbons (Fsp3) is 0.364. The molecular weight excluding hydrogens is 354 g/mol. The van der Waals surface area contributed by atoms with E-state index in [0.717, 1.165) is 42.0 Å². The molecule has 2 aliphatic rings. The van der Waals surface area contributed by atoms with E-state index in [0.29, 0.717) is 6.54 Å². The van der Waals surface area contributed by atoms with Gasteiger partial charge in [-0.25, -0.2) is 4.98 Å². The molecule has 1 aliphatic carbocycles. The Morgan fingerprint density at radius 3 is 2.96 bits per heavy atom. The second kappa shape index (κ2) is 7.06. The number of thiazole rings is 1. The summed E-state index contributed by atoms with van der Waals surface area (Å²) in [4.78, 5) is 19.7. The highest BCUT2D eigenvalue weighted by molar-refractivity contribution is 7.18. The zero-order valence-electron chi connectivity index (χ0n) is 15.3. The number of fused-ring (bicyclic) bond motifs is 2. The third-order valence-electron chi connectivity index (χ3n) is 5.69. The van der Waals surface area contributed by atoms with Crippen LogP contribution in [0.4, 0.5) is 5.69 Å². The number of nitrogens with zero attached hydrogens (tertiary/aromatic N) is 2. The summed E-state index contributed by atoms with van der Waals surface area (Å²) < 4.78 is 1.22. The van der Waals surface area contributed by atoms with Crippen molar-refractivity contribution in [3.63, 3.8) is 0 Å². The van der Waals surface area contributed by atoms with E-state index in [1.807, 2.05) is 12.1 Å². The number of carbonyl (C=O) groups is 1. The van der Waals surface area contributed by atoms with Gasteiger partial charge in [-0.3, -0.25) is 9.69 Å². The normalized spacial score (nSPS) is 19.5. The molecule has 1 unspecified atom stereocenters. The van der Waals surface area contributed by atoms with Gasteiger partial charge in [-0.2, -0.15) is 0 Å². The predicted octanol–water partition coefficient (Wildman–Crippen LogP) is 4.56. The van der Waals surface area contributed by atoms with Crippen molar-refractivity contribution in [2.45, 2.75) is 38.1 Å². The van der Waals surface area contributed by atoms with Crippen molar-refractivity contribution in [1.29, 1.82) is 0 Å². The molecule has 2 aromatic carbocycles. The highest BCUT2D eigenvalue weighted by atomic mass is 32.1. The third kappa shape index (κ3) is 3.37. The molecule has 1 saturated heterocycles. The van der Waals surface area contributed by atoms with Gasteiger partial charge in [-0.1, -0.05) is 18.2 Å². The van der Waals surface area contributed by atoms with Crippen molar-refractivity contribution in [2.24, 2.45) is 0 Å². The molecule has 0 bridgehead atoms. The summed E-state index contributed by atoms with van der Waals surface area (Å²) in [5, 5.41) is 4.24. The van der Waals surface area contributed by atoms with Gasteiger partial charge in [0, 0.05) is 5.69 Å². The average molecular weight is 378 g/mol. The number of rotatable bonds is 4. The van der Waals surface area contributed by atoms with Crippen molar-refractivity contribution in [2.75, 3.05) is 18.4 Å². The van der Waals surface area contributed by atoms with E-state index in [9.17, 15) is 4.79 Å². The third-order valence-corrected chi connectivity index (χ3v) is 6.83. The molecule has 3 aromatic rings. The van der Waals surface area contributed by atoms with E-state index in [-0.39, 0.29) is 11.9 Å². The maximum Gasteiger partial charge on any atom is 0.238 e. The first-order chi connectivity index (χ1) is 13.3. The second-order valence-electron chi connectivity index (χ2n) is 7.53. The molecule has 4 nitrogen and oxygen atoms in total. The number of carbonyl (C=O) groups excluding carboxylic acids is 1. The fourth-order valence-corrected chi connectivity index (χ4v) is 5.50. The molecule has 0 spiro atoms. The van der Waals surface area contributed by atoms with Crippen LogP contribution in [0.3, 0.4) is 0 Å². The summed E-state index contributed by atoms with van der Waals surface area (Å²) in [6.07, 6.45) is 5.72. The number of hydrogen-bond acceptors (Lipinski definition) is 4. The number of hydrogen-bond donors (Lipinski definition) is 1. The van der Waals surface area contributed by atoms with Crippen LogP contribution in [-0.4, -0.2) is 28.9 Å². The van der Waals surface area contributed by atoms with Gasteiger partial charge < -0.3 is 5.32 Å². The molecule has 138 valence electrons. The lowest BCUT2D eigenvalue weighted by molar-refractivity contribution is -0.117. The molecule has 5 rings (SSSR count). The molecule has 1 N–H and O–H groups in total. The molecule has 0 radical (unpaired) electrons. The summed E-state index contributed by atoms with van der Waals surface area (Å²) in [5.74, 6) is 0.0703. The van der Waals surface area contributed by atoms with E-state index in [2.05, 4.69) is 40.5 Å². The largest absolute Gasteiger partial charge is 0.325 e. The first kappa shape index (κ1) is 16.9. The van der Waals surface area contributed by atoms with Gasteiger partial charge in [0.05, 0.1) is 22.8 Å². The van der Waals surface area contributed by atoms with Crippen LogP contribution >= 0.6 is 11.3 Å². The number of aromatic nitrogens is 1. The monoisotopic (exact) mass is 377 g/mol. The quantitative estimate of drug-likeness (QED) is 0.725. The first-order valence-corrected chi connectivity index (χ1v) is 10.6. The van der Waals surface area contributed by atoms with Crippen LogP contribution in [0.5, 0.6) is 0 Å². The van der Waals surface area contributed by atoms with Gasteiger partial charge in [0.25, 0.3) is 0 Å². The minimum atomic E-state index is 0.0703. The minimum absolute atomic E-state index is 0.0703. The predicted molar refractivity (Wildman–Crippen MR) is 110 cm³/mol. The molecule has 1 atom stereocenters. The van der Waals surface area contributed by atoms with Crippen LogP contribution < -0.4 is 5.32 Å². The number of amides is 1. The Hall–Kier alpha value is -2.24. The van der Waals surface area contributed by atoms with Crippen molar-refractivity contribution in [1.82, 2.24) is 9.88 Å². The topological polar surface area (TPSA) is 45.2 Å². The number of anilines is 1. The van der Waals surface area contributed by atoms with E-state index in [1.165, 1.54) is 28.7 Å². The molecule has 2 heterocycles. The minimum Gasteiger partial charge on any atom is -0.325 e. The lowest BCUT2D eigenvalue weighted by Gasteiger charge is -2.22. The van der Waals surface area contributed by atoms with Gasteiger partial charge >= 0.3 is 0 Å². The van der Waals surface area contributed by atoms with E-state index >= 15 is 0 Å². The standard InChI is InChI=1S/C22H23N3OS/c26-21(23-17-11-10-15-5-3-6-16(15)13-17)14-25-12-4-8-19(25)22-24-18-7-1-2-9-20(18)27-22/h1-2,7,9-11,13,19H,3-6,8,12,14H2,(H,23,26). The Bertz CT molecular complexity index is 963. The molecule has 1 amide bonds. The molecular formula is C22H23N3OS. The zero-order valence-corrected chi connectivity index (χ0v) is 16.1. The average Bonchev–Trinajstić information content (AvgIpc) is 3.39. The number of benzene rings is 2. The molecule has 5 heteroatoms. The lowest BCUT2D eigenvalue weighted by atomic mass is 10.1. The highest BCUT2D eigenvalue weighted by Gasteiger charge is 2.30. The Balaban J connectivity index is 1.28. The first-order valence-electron chi connectivity index (χ1n) is 9.77. The van der Waals surface area contributed by atoms with Crippen molar-refractivity contribution < 1.29 is 4.79 Å². The van der Waals surface area contributed by atoms with Crippen LogP contribution in [0.2, 0.25) is 0 Å². The summed E-state index contributed by atoms with van der Waals surface area (Å²) in [6, 6.07) is 14.9. The Kier molecular flexibility index (Phi) is 4.42. The van der Waals surface area contributed by atoms with Crippen molar-refractivity contribution in [3.8, 4) is 0 Å². The van der Waals surface area contributed by atoms with Gasteiger partial charge in [0.2, 0.25) is 5.91 Å². The maximum absolute atomic E-state index is 12.6. The fourth-order valence-electron chi connectivity index (χ4n) is 4.36. The summed E-state index contributed by atoms with van der Waals surface area (Å²) in [7, 11) is 0. The smallest absolute Gasteiger partial charge is 0.238 e. The van der Waals surface area contributed by atoms with E-state index < -0.39 is 0 Å². The summed E-state index contributed by atoms with van der Waals surface area (Å²) in [6.45, 7) is 1.38. The molecule has 1 aromatic heterocycles. The highest BCUT2D eigenvalue weighted by Crippen LogP contribution is 2.36. The van der Waals surface area contributed by atoms with Crippen LogP contribution in [0.15, 0.2) is 42.5 Å². The van der Waals surface area contributed by atoms with Gasteiger partial charge in [0.15, 0.2) is 0 Å². The van der Waals surface area contributed by atoms with Gasteiger partial charge in [-0.05, 0) is 74.0 Å². The molecule has 27 heavy (non-hydrogen) atoms. The second-order valence-corrected chi connectivity index (χ2v) is 8.60. The number of aryl methyl sites for hydroxylation is 2. The SMILES string of the molecule is O=C(CN1CCCC1c1nc2ccccc2s1)Nc1ccc2c(c1)CCC2. The maximum atomic E-state index is 12.6. The molecule has 1 fully saturated rings. The summed E-state index contributed by atoms with van der Waals surface area (Å²) in [5.41, 5.74) is 4.81. The van der Waals surface area contributed by atoms with Gasteiger partial charge in [-0.15, -0.1) is 11.3 Å². The van der Waals surface area contributed by atoms with E-state index in [1.54, 1.807) is 11.3 Å². The summed E-state index contributed by atoms with van der Waals surface area (Å²) >= 11 is 1.76. The van der Waals surface area contributed by atoms with Crippen LogP contribution in [0.25, 0.3) is 10.2 Å². The van der Waals surface area contributed by atoms with Crippen LogP contribution in [0, 0.1) is 0 Å². The van der Waals surface area contributed by atoms with Crippen molar-refractivity contribution in [3.05, 3.63) is 58.6 Å². The van der Waals surface area contributed by atoms with Gasteiger partial charge in [0.1, 0.15) is 5.01 Å². The van der Waals surface area contributed by atoms with E-state index in [4.69, 9.17) is 4.98 Å². The molecule has 0 saturated carbocycles. The number of para-hydroxylation sites is 1. The number of likely N-dealkylation sites (tertiary alicyclic amines) is 1. The van der Waals surface area contributed by atoms with Crippen LogP contribution in [0.1, 0.15) is 41.4 Å². The molecule has 1 aliphatic heterocycles.